The van der Waals surface area contributed by atoms with E-state index in [1.54, 1.807) is 0 Å². The van der Waals surface area contributed by atoms with E-state index in [2.05, 4.69) is 11.8 Å². The van der Waals surface area contributed by atoms with Crippen molar-refractivity contribution in [3.05, 3.63) is 28.3 Å². The Morgan fingerprint density at radius 3 is 3.11 bits per heavy atom. The molecule has 2 atom stereocenters. The van der Waals surface area contributed by atoms with Gasteiger partial charge in [0.05, 0.1) is 6.61 Å². The van der Waals surface area contributed by atoms with Crippen molar-refractivity contribution in [3.63, 3.8) is 0 Å². The molecule has 0 saturated carbocycles. The van der Waals surface area contributed by atoms with Gasteiger partial charge in [-0.15, -0.1) is 0 Å². The van der Waals surface area contributed by atoms with E-state index < -0.39 is 0 Å². The van der Waals surface area contributed by atoms with Crippen LogP contribution in [-0.2, 0) is 13.0 Å². The molecule has 1 aromatic carbocycles. The first-order valence-electron chi connectivity index (χ1n) is 7.07. The third kappa shape index (κ3) is 2.73. The summed E-state index contributed by atoms with van der Waals surface area (Å²) in [5.41, 5.74) is 8.50. The van der Waals surface area contributed by atoms with Crippen LogP contribution < -0.4 is 10.5 Å². The minimum Gasteiger partial charge on any atom is -0.493 e. The van der Waals surface area contributed by atoms with Gasteiger partial charge in [0.15, 0.2) is 0 Å². The van der Waals surface area contributed by atoms with E-state index in [9.17, 15) is 0 Å². The van der Waals surface area contributed by atoms with Crippen molar-refractivity contribution in [1.29, 1.82) is 0 Å². The van der Waals surface area contributed by atoms with E-state index in [0.717, 1.165) is 49.7 Å². The number of benzene rings is 1. The number of hydrogen-bond acceptors (Lipinski definition) is 3. The molecule has 0 aromatic heterocycles. The molecule has 2 aliphatic rings. The van der Waals surface area contributed by atoms with Gasteiger partial charge in [-0.25, -0.2) is 0 Å². The second-order valence-corrected chi connectivity index (χ2v) is 6.19. The van der Waals surface area contributed by atoms with E-state index in [-0.39, 0.29) is 0 Å². The van der Waals surface area contributed by atoms with Gasteiger partial charge in [0.2, 0.25) is 0 Å². The number of nitrogens with two attached hydrogens (primary N) is 1. The molecular formula is C15H21ClN2O. The summed E-state index contributed by atoms with van der Waals surface area (Å²) in [6.45, 7) is 5.01. The highest BCUT2D eigenvalue weighted by Crippen LogP contribution is 2.34. The number of halogens is 1. The summed E-state index contributed by atoms with van der Waals surface area (Å²) in [6.07, 6.45) is 3.13. The fourth-order valence-electron chi connectivity index (χ4n) is 3.17. The Labute approximate surface area is 119 Å². The highest BCUT2D eigenvalue weighted by atomic mass is 35.5. The maximum atomic E-state index is 6.21. The molecule has 2 heterocycles. The Morgan fingerprint density at radius 2 is 2.32 bits per heavy atom. The van der Waals surface area contributed by atoms with Gasteiger partial charge < -0.3 is 10.5 Å². The van der Waals surface area contributed by atoms with Crippen LogP contribution in [0.4, 0.5) is 0 Å². The molecule has 19 heavy (non-hydrogen) atoms. The number of ether oxygens (including phenoxy) is 1. The maximum Gasteiger partial charge on any atom is 0.127 e. The van der Waals surface area contributed by atoms with E-state index >= 15 is 0 Å². The molecule has 0 radical (unpaired) electrons. The molecule has 2 unspecified atom stereocenters. The Bertz CT molecular complexity index is 477. The highest BCUT2D eigenvalue weighted by Gasteiger charge is 2.25. The largest absolute Gasteiger partial charge is 0.493 e. The van der Waals surface area contributed by atoms with Crippen LogP contribution in [0.3, 0.4) is 0 Å². The van der Waals surface area contributed by atoms with Crippen LogP contribution >= 0.6 is 11.6 Å². The SMILES string of the molecule is CC1CC(N)CCN1Cc1cc(Cl)cc2c1OCC2. The second kappa shape index (κ2) is 5.31. The van der Waals surface area contributed by atoms with Gasteiger partial charge in [-0.3, -0.25) is 4.90 Å². The third-order valence-corrected chi connectivity index (χ3v) is 4.47. The van der Waals surface area contributed by atoms with Crippen LogP contribution in [0.5, 0.6) is 5.75 Å². The first-order chi connectivity index (χ1) is 9.13. The number of nitrogens with zero attached hydrogens (tertiary/aromatic N) is 1. The molecule has 0 amide bonds. The van der Waals surface area contributed by atoms with Gasteiger partial charge in [0.1, 0.15) is 5.75 Å². The normalized spacial score (nSPS) is 27.1. The number of piperidine rings is 1. The predicted octanol–water partition coefficient (Wildman–Crippen LogP) is 2.59. The molecule has 2 aliphatic heterocycles. The molecule has 1 aromatic rings. The lowest BCUT2D eigenvalue weighted by atomic mass is 9.98. The number of fused-ring (bicyclic) bond motifs is 1. The molecule has 0 aliphatic carbocycles. The van der Waals surface area contributed by atoms with Crippen LogP contribution in [0.2, 0.25) is 5.02 Å². The quantitative estimate of drug-likeness (QED) is 0.905. The Morgan fingerprint density at radius 1 is 1.47 bits per heavy atom. The summed E-state index contributed by atoms with van der Waals surface area (Å²) in [5.74, 6) is 1.06. The molecule has 1 saturated heterocycles. The smallest absolute Gasteiger partial charge is 0.127 e. The fourth-order valence-corrected chi connectivity index (χ4v) is 3.44. The van der Waals surface area contributed by atoms with Gasteiger partial charge in [-0.05, 0) is 37.5 Å². The second-order valence-electron chi connectivity index (χ2n) is 5.76. The lowest BCUT2D eigenvalue weighted by molar-refractivity contribution is 0.138. The van der Waals surface area contributed by atoms with Gasteiger partial charge in [-0.2, -0.15) is 0 Å². The van der Waals surface area contributed by atoms with Crippen LogP contribution in [0.15, 0.2) is 12.1 Å². The highest BCUT2D eigenvalue weighted by molar-refractivity contribution is 6.30. The summed E-state index contributed by atoms with van der Waals surface area (Å²) in [5, 5.41) is 0.820. The summed E-state index contributed by atoms with van der Waals surface area (Å²) in [6, 6.07) is 4.96. The minimum atomic E-state index is 0.354. The minimum absolute atomic E-state index is 0.354. The summed E-state index contributed by atoms with van der Waals surface area (Å²) < 4.78 is 5.77. The predicted molar refractivity (Wildman–Crippen MR) is 77.7 cm³/mol. The lowest BCUT2D eigenvalue weighted by Gasteiger charge is -2.36. The molecule has 0 bridgehead atoms. The van der Waals surface area contributed by atoms with Gasteiger partial charge in [-0.1, -0.05) is 11.6 Å². The van der Waals surface area contributed by atoms with Crippen LogP contribution in [0.25, 0.3) is 0 Å². The van der Waals surface area contributed by atoms with Crippen molar-refractivity contribution in [2.24, 2.45) is 5.73 Å². The van der Waals surface area contributed by atoms with Gasteiger partial charge in [0.25, 0.3) is 0 Å². The first-order valence-corrected chi connectivity index (χ1v) is 7.45. The van der Waals surface area contributed by atoms with Crippen molar-refractivity contribution in [3.8, 4) is 5.75 Å². The topological polar surface area (TPSA) is 38.5 Å². The Hall–Kier alpha value is -0.770. The van der Waals surface area contributed by atoms with Gasteiger partial charge in [0, 0.05) is 42.2 Å². The van der Waals surface area contributed by atoms with Crippen molar-refractivity contribution in [2.45, 2.75) is 44.8 Å². The van der Waals surface area contributed by atoms with E-state index in [1.165, 1.54) is 11.1 Å². The van der Waals surface area contributed by atoms with Crippen molar-refractivity contribution in [1.82, 2.24) is 4.90 Å². The molecule has 3 rings (SSSR count). The number of rotatable bonds is 2. The molecule has 4 heteroatoms. The van der Waals surface area contributed by atoms with E-state index in [0.29, 0.717) is 12.1 Å². The average molecular weight is 281 g/mol. The summed E-state index contributed by atoms with van der Waals surface area (Å²) in [4.78, 5) is 2.48. The van der Waals surface area contributed by atoms with E-state index in [4.69, 9.17) is 22.1 Å². The summed E-state index contributed by atoms with van der Waals surface area (Å²) in [7, 11) is 0. The maximum absolute atomic E-state index is 6.21. The first kappa shape index (κ1) is 13.2. The van der Waals surface area contributed by atoms with Crippen molar-refractivity contribution < 1.29 is 4.74 Å². The monoisotopic (exact) mass is 280 g/mol. The number of hydrogen-bond donors (Lipinski definition) is 1. The zero-order valence-electron chi connectivity index (χ0n) is 11.4. The van der Waals surface area contributed by atoms with Crippen LogP contribution in [0, 0.1) is 0 Å². The molecule has 3 nitrogen and oxygen atoms in total. The van der Waals surface area contributed by atoms with E-state index in [1.807, 2.05) is 12.1 Å². The number of likely N-dealkylation sites (tertiary alicyclic amines) is 1. The summed E-state index contributed by atoms with van der Waals surface area (Å²) >= 11 is 6.21. The van der Waals surface area contributed by atoms with Crippen LogP contribution in [-0.4, -0.2) is 30.1 Å². The van der Waals surface area contributed by atoms with Crippen molar-refractivity contribution >= 4 is 11.6 Å². The molecular weight excluding hydrogens is 260 g/mol. The zero-order valence-corrected chi connectivity index (χ0v) is 12.1. The fraction of sp³-hybridized carbons (Fsp3) is 0.600. The van der Waals surface area contributed by atoms with Crippen LogP contribution in [0.1, 0.15) is 30.9 Å². The standard InChI is InChI=1S/C15H21ClN2O/c1-10-6-14(17)2-4-18(10)9-12-8-13(16)7-11-3-5-19-15(11)12/h7-8,10,14H,2-6,9,17H2,1H3. The lowest BCUT2D eigenvalue weighted by Crippen LogP contribution is -2.45. The van der Waals surface area contributed by atoms with Crippen molar-refractivity contribution in [2.75, 3.05) is 13.2 Å². The van der Waals surface area contributed by atoms with Gasteiger partial charge >= 0.3 is 0 Å². The Balaban J connectivity index is 1.80. The molecule has 1 fully saturated rings. The molecule has 0 spiro atoms. The Kier molecular flexibility index (Phi) is 3.70. The average Bonchev–Trinajstić information content (AvgIpc) is 2.80. The zero-order chi connectivity index (χ0) is 13.4. The molecule has 2 N–H and O–H groups in total. The third-order valence-electron chi connectivity index (χ3n) is 4.25. The molecule has 104 valence electrons.